The number of alkyl halides is 3. The number of benzene rings is 1. The van der Waals surface area contributed by atoms with Crippen molar-refractivity contribution in [3.63, 3.8) is 0 Å². The fourth-order valence-corrected chi connectivity index (χ4v) is 3.43. The zero-order chi connectivity index (χ0) is 17.0. The molecule has 1 aromatic rings. The smallest absolute Gasteiger partial charge is 0.314 e. The average molecular weight is 332 g/mol. The van der Waals surface area contributed by atoms with Crippen molar-refractivity contribution in [2.24, 2.45) is 5.92 Å². The van der Waals surface area contributed by atoms with Crippen LogP contribution < -0.4 is 5.32 Å². The molecule has 23 heavy (non-hydrogen) atoms. The predicted molar refractivity (Wildman–Crippen MR) is 82.7 cm³/mol. The van der Waals surface area contributed by atoms with Crippen molar-refractivity contribution in [1.82, 2.24) is 10.2 Å². The number of hydrogen-bond donors (Lipinski definition) is 1. The molecule has 1 heterocycles. The molecule has 2 nitrogen and oxygen atoms in total. The highest BCUT2D eigenvalue weighted by molar-refractivity contribution is 5.31. The lowest BCUT2D eigenvalue weighted by atomic mass is 9.88. The molecule has 1 aliphatic rings. The molecule has 1 unspecified atom stereocenters. The summed E-state index contributed by atoms with van der Waals surface area (Å²) in [6.07, 6.45) is -2.89. The van der Waals surface area contributed by atoms with E-state index in [1.165, 1.54) is 12.1 Å². The van der Waals surface area contributed by atoms with E-state index in [1.54, 1.807) is 0 Å². The topological polar surface area (TPSA) is 15.3 Å². The first-order valence-corrected chi connectivity index (χ1v) is 8.16. The highest BCUT2D eigenvalue weighted by Gasteiger charge is 2.37. The largest absolute Gasteiger partial charge is 0.419 e. The first-order valence-electron chi connectivity index (χ1n) is 8.16. The fourth-order valence-electron chi connectivity index (χ4n) is 3.43. The lowest BCUT2D eigenvalue weighted by Crippen LogP contribution is -2.47. The average Bonchev–Trinajstić information content (AvgIpc) is 2.49. The van der Waals surface area contributed by atoms with Crippen LogP contribution in [-0.2, 0) is 6.18 Å². The van der Waals surface area contributed by atoms with E-state index < -0.39 is 17.6 Å². The molecule has 1 aromatic carbocycles. The molecule has 1 N–H and O–H groups in total. The second kappa shape index (κ2) is 7.62. The molecule has 2 atom stereocenters. The third kappa shape index (κ3) is 4.23. The molecule has 0 aliphatic carbocycles. The van der Waals surface area contributed by atoms with Crippen LogP contribution in [-0.4, -0.2) is 31.1 Å². The van der Waals surface area contributed by atoms with Gasteiger partial charge in [-0.05, 0) is 18.4 Å². The Morgan fingerprint density at radius 2 is 1.87 bits per heavy atom. The predicted octanol–water partition coefficient (Wildman–Crippen LogP) is 4.23. The Labute approximate surface area is 134 Å². The molecule has 0 spiro atoms. The molecule has 1 aliphatic heterocycles. The van der Waals surface area contributed by atoms with Crippen molar-refractivity contribution in [2.75, 3.05) is 26.2 Å². The number of halogens is 4. The molecule has 0 amide bonds. The normalized spacial score (nSPS) is 19.6. The van der Waals surface area contributed by atoms with Gasteiger partial charge in [0.25, 0.3) is 0 Å². The molecule has 130 valence electrons. The van der Waals surface area contributed by atoms with Crippen LogP contribution in [0.4, 0.5) is 17.6 Å². The summed E-state index contributed by atoms with van der Waals surface area (Å²) in [5.74, 6) is -1.03. The number of hydrogen-bond acceptors (Lipinski definition) is 2. The monoisotopic (exact) mass is 332 g/mol. The van der Waals surface area contributed by atoms with Crippen LogP contribution in [0.25, 0.3) is 0 Å². The number of piperazine rings is 1. The highest BCUT2D eigenvalue weighted by Crippen LogP contribution is 2.38. The minimum absolute atomic E-state index is 0.0936. The van der Waals surface area contributed by atoms with E-state index in [4.69, 9.17) is 0 Å². The molecule has 0 radical (unpaired) electrons. The summed E-state index contributed by atoms with van der Waals surface area (Å²) in [4.78, 5) is 2.11. The summed E-state index contributed by atoms with van der Waals surface area (Å²) < 4.78 is 53.7. The van der Waals surface area contributed by atoms with Crippen LogP contribution in [0.15, 0.2) is 18.2 Å². The van der Waals surface area contributed by atoms with Gasteiger partial charge in [0, 0.05) is 37.8 Å². The van der Waals surface area contributed by atoms with Gasteiger partial charge in [-0.25, -0.2) is 4.39 Å². The van der Waals surface area contributed by atoms with E-state index in [0.717, 1.165) is 32.0 Å². The van der Waals surface area contributed by atoms with Gasteiger partial charge < -0.3 is 5.32 Å². The van der Waals surface area contributed by atoms with Gasteiger partial charge in [0.1, 0.15) is 5.82 Å². The summed E-state index contributed by atoms with van der Waals surface area (Å²) in [7, 11) is 0. The van der Waals surface area contributed by atoms with Crippen LogP contribution in [0.2, 0.25) is 0 Å². The molecule has 6 heteroatoms. The van der Waals surface area contributed by atoms with Gasteiger partial charge in [-0.1, -0.05) is 32.4 Å². The van der Waals surface area contributed by atoms with Crippen molar-refractivity contribution in [3.8, 4) is 0 Å². The Balaban J connectivity index is 2.42. The second-order valence-corrected chi connectivity index (χ2v) is 6.20. The van der Waals surface area contributed by atoms with Crippen molar-refractivity contribution in [1.29, 1.82) is 0 Å². The minimum atomic E-state index is -4.66. The lowest BCUT2D eigenvalue weighted by molar-refractivity contribution is -0.140. The number of nitrogens with one attached hydrogen (secondary N) is 1. The molecule has 1 fully saturated rings. The Bertz CT molecular complexity index is 510. The first-order chi connectivity index (χ1) is 10.9. The van der Waals surface area contributed by atoms with E-state index in [9.17, 15) is 17.6 Å². The standard InChI is InChI=1S/C17H24F4N2/c1-3-5-12(2)16(23-10-8-22-9-11-23)13-6-4-7-14(15(13)18)17(19,20)21/h4,6-7,12,16,22H,3,5,8-11H2,1-2H3/t12?,16-/m0/s1. The Hall–Kier alpha value is -1.14. The van der Waals surface area contributed by atoms with E-state index in [-0.39, 0.29) is 17.5 Å². The zero-order valence-corrected chi connectivity index (χ0v) is 13.6. The maximum atomic E-state index is 14.6. The molecular formula is C17H24F4N2. The summed E-state index contributed by atoms with van der Waals surface area (Å²) in [5, 5.41) is 3.23. The summed E-state index contributed by atoms with van der Waals surface area (Å²) >= 11 is 0. The van der Waals surface area contributed by atoms with Crippen LogP contribution >= 0.6 is 0 Å². The Kier molecular flexibility index (Phi) is 6.03. The summed E-state index contributed by atoms with van der Waals surface area (Å²) in [6, 6.07) is 3.32. The van der Waals surface area contributed by atoms with Crippen molar-refractivity contribution in [2.45, 2.75) is 38.9 Å². The zero-order valence-electron chi connectivity index (χ0n) is 13.6. The SMILES string of the molecule is CCCC(C)[C@@H](c1cccc(C(F)(F)F)c1F)N1CCNCC1. The molecular weight excluding hydrogens is 308 g/mol. The summed E-state index contributed by atoms with van der Waals surface area (Å²) in [5.41, 5.74) is -0.999. The number of nitrogens with zero attached hydrogens (tertiary/aromatic N) is 1. The Morgan fingerprint density at radius 3 is 2.43 bits per heavy atom. The van der Waals surface area contributed by atoms with Crippen molar-refractivity contribution >= 4 is 0 Å². The van der Waals surface area contributed by atoms with Crippen LogP contribution in [0.3, 0.4) is 0 Å². The molecule has 2 rings (SSSR count). The quantitative estimate of drug-likeness (QED) is 0.812. The molecule has 0 bridgehead atoms. The minimum Gasteiger partial charge on any atom is -0.314 e. The maximum absolute atomic E-state index is 14.6. The Morgan fingerprint density at radius 1 is 1.22 bits per heavy atom. The van der Waals surface area contributed by atoms with Crippen molar-refractivity contribution < 1.29 is 17.6 Å². The van der Waals surface area contributed by atoms with Crippen LogP contribution in [0.1, 0.15) is 43.9 Å². The van der Waals surface area contributed by atoms with Gasteiger partial charge in [-0.3, -0.25) is 4.90 Å². The van der Waals surface area contributed by atoms with Crippen LogP contribution in [0.5, 0.6) is 0 Å². The second-order valence-electron chi connectivity index (χ2n) is 6.20. The fraction of sp³-hybridized carbons (Fsp3) is 0.647. The van der Waals surface area contributed by atoms with Gasteiger partial charge in [-0.15, -0.1) is 0 Å². The van der Waals surface area contributed by atoms with E-state index in [1.807, 2.05) is 13.8 Å². The van der Waals surface area contributed by atoms with Gasteiger partial charge >= 0.3 is 6.18 Å². The van der Waals surface area contributed by atoms with Gasteiger partial charge in [-0.2, -0.15) is 13.2 Å². The third-order valence-electron chi connectivity index (χ3n) is 4.48. The number of rotatable bonds is 5. The van der Waals surface area contributed by atoms with E-state index in [2.05, 4.69) is 10.2 Å². The first kappa shape index (κ1) is 18.2. The lowest BCUT2D eigenvalue weighted by Gasteiger charge is -2.39. The van der Waals surface area contributed by atoms with Gasteiger partial charge in [0.15, 0.2) is 0 Å². The molecule has 0 aromatic heterocycles. The highest BCUT2D eigenvalue weighted by atomic mass is 19.4. The summed E-state index contributed by atoms with van der Waals surface area (Å²) in [6.45, 7) is 7.01. The van der Waals surface area contributed by atoms with Gasteiger partial charge in [0.2, 0.25) is 0 Å². The van der Waals surface area contributed by atoms with Crippen LogP contribution in [0, 0.1) is 11.7 Å². The van der Waals surface area contributed by atoms with Crippen molar-refractivity contribution in [3.05, 3.63) is 35.1 Å². The molecule has 1 saturated heterocycles. The van der Waals surface area contributed by atoms with Gasteiger partial charge in [0.05, 0.1) is 5.56 Å². The molecule has 0 saturated carbocycles. The maximum Gasteiger partial charge on any atom is 0.419 e. The van der Waals surface area contributed by atoms with E-state index in [0.29, 0.717) is 13.1 Å². The third-order valence-corrected chi connectivity index (χ3v) is 4.48. The van der Waals surface area contributed by atoms with E-state index >= 15 is 0 Å².